The summed E-state index contributed by atoms with van der Waals surface area (Å²) in [4.78, 5) is 15.7. The minimum absolute atomic E-state index is 0.105. The minimum atomic E-state index is -0.534. The van der Waals surface area contributed by atoms with E-state index in [1.165, 1.54) is 6.33 Å². The lowest BCUT2D eigenvalue weighted by atomic mass is 10.3. The van der Waals surface area contributed by atoms with Crippen molar-refractivity contribution in [1.82, 2.24) is 9.55 Å². The molecule has 0 saturated heterocycles. The van der Waals surface area contributed by atoms with Crippen molar-refractivity contribution in [3.8, 4) is 11.4 Å². The Morgan fingerprint density at radius 1 is 1.50 bits per heavy atom. The number of methoxy groups -OCH3 is 1. The molecule has 20 heavy (non-hydrogen) atoms. The number of carbonyl (C=O) groups excluding carboxylic acids is 1. The summed E-state index contributed by atoms with van der Waals surface area (Å²) in [6, 6.07) is 5.45. The van der Waals surface area contributed by atoms with Crippen LogP contribution in [0.2, 0.25) is 0 Å². The van der Waals surface area contributed by atoms with Gasteiger partial charge in [0.1, 0.15) is 17.9 Å². The standard InChI is InChI=1S/C13H14BrN3O3/c1-3-20-13(18)11-12(15)17(7-16-11)8-4-5-9(14)10(6-8)19-2/h4-7H,3,15H2,1-2H3. The minimum Gasteiger partial charge on any atom is -0.495 e. The monoisotopic (exact) mass is 339 g/mol. The van der Waals surface area contributed by atoms with Gasteiger partial charge < -0.3 is 15.2 Å². The number of ether oxygens (including phenoxy) is 2. The number of esters is 1. The van der Waals surface area contributed by atoms with Crippen LogP contribution in [0.5, 0.6) is 5.75 Å². The summed E-state index contributed by atoms with van der Waals surface area (Å²) in [6.07, 6.45) is 1.48. The zero-order valence-corrected chi connectivity index (χ0v) is 12.7. The molecular formula is C13H14BrN3O3. The average molecular weight is 340 g/mol. The van der Waals surface area contributed by atoms with Gasteiger partial charge in [-0.1, -0.05) is 0 Å². The number of nitrogen functional groups attached to an aromatic ring is 1. The lowest BCUT2D eigenvalue weighted by Crippen LogP contribution is -2.09. The molecule has 6 nitrogen and oxygen atoms in total. The Hall–Kier alpha value is -2.02. The number of imidazole rings is 1. The molecule has 0 saturated carbocycles. The largest absolute Gasteiger partial charge is 0.495 e. The van der Waals surface area contributed by atoms with E-state index in [2.05, 4.69) is 20.9 Å². The van der Waals surface area contributed by atoms with E-state index in [4.69, 9.17) is 15.2 Å². The first-order chi connectivity index (χ1) is 9.58. The molecule has 7 heteroatoms. The van der Waals surface area contributed by atoms with Gasteiger partial charge in [-0.2, -0.15) is 0 Å². The maximum absolute atomic E-state index is 11.7. The third-order valence-corrected chi connectivity index (χ3v) is 3.34. The second-order valence-corrected chi connectivity index (χ2v) is 4.74. The Morgan fingerprint density at radius 3 is 2.90 bits per heavy atom. The second-order valence-electron chi connectivity index (χ2n) is 3.89. The van der Waals surface area contributed by atoms with Crippen molar-refractivity contribution in [2.24, 2.45) is 0 Å². The van der Waals surface area contributed by atoms with Gasteiger partial charge in [-0.25, -0.2) is 9.78 Å². The summed E-state index contributed by atoms with van der Waals surface area (Å²) in [7, 11) is 1.57. The number of aromatic nitrogens is 2. The van der Waals surface area contributed by atoms with Crippen molar-refractivity contribution in [1.29, 1.82) is 0 Å². The van der Waals surface area contributed by atoms with Gasteiger partial charge in [0.15, 0.2) is 5.69 Å². The summed E-state index contributed by atoms with van der Waals surface area (Å²) in [6.45, 7) is 2.00. The molecule has 2 rings (SSSR count). The molecule has 0 unspecified atom stereocenters. The van der Waals surface area contributed by atoms with Crippen LogP contribution >= 0.6 is 15.9 Å². The molecule has 0 atom stereocenters. The van der Waals surface area contributed by atoms with Crippen LogP contribution in [0, 0.1) is 0 Å². The lowest BCUT2D eigenvalue weighted by molar-refractivity contribution is 0.0521. The van der Waals surface area contributed by atoms with E-state index in [0.29, 0.717) is 5.75 Å². The van der Waals surface area contributed by atoms with E-state index in [-0.39, 0.29) is 18.1 Å². The SMILES string of the molecule is CCOC(=O)c1ncn(-c2ccc(Br)c(OC)c2)c1N. The van der Waals surface area contributed by atoms with Gasteiger partial charge in [0.2, 0.25) is 0 Å². The van der Waals surface area contributed by atoms with Crippen LogP contribution in [0.25, 0.3) is 5.69 Å². The molecule has 1 aromatic carbocycles. The Kier molecular flexibility index (Phi) is 4.29. The van der Waals surface area contributed by atoms with E-state index in [0.717, 1.165) is 10.2 Å². The van der Waals surface area contributed by atoms with Crippen LogP contribution in [0.3, 0.4) is 0 Å². The van der Waals surface area contributed by atoms with Crippen LogP contribution < -0.4 is 10.5 Å². The van der Waals surface area contributed by atoms with Crippen LogP contribution in [-0.2, 0) is 4.74 Å². The van der Waals surface area contributed by atoms with Gasteiger partial charge in [0, 0.05) is 6.07 Å². The maximum Gasteiger partial charge on any atom is 0.360 e. The number of rotatable bonds is 4. The van der Waals surface area contributed by atoms with Gasteiger partial charge in [0.25, 0.3) is 0 Å². The number of anilines is 1. The lowest BCUT2D eigenvalue weighted by Gasteiger charge is -2.09. The highest BCUT2D eigenvalue weighted by molar-refractivity contribution is 9.10. The molecule has 1 aromatic heterocycles. The summed E-state index contributed by atoms with van der Waals surface area (Å²) < 4.78 is 12.5. The van der Waals surface area contributed by atoms with Crippen molar-refractivity contribution < 1.29 is 14.3 Å². The molecule has 0 amide bonds. The predicted octanol–water partition coefficient (Wildman–Crippen LogP) is 2.40. The van der Waals surface area contributed by atoms with E-state index in [1.807, 2.05) is 12.1 Å². The zero-order valence-electron chi connectivity index (χ0n) is 11.1. The molecule has 0 aliphatic carbocycles. The summed E-state index contributed by atoms with van der Waals surface area (Å²) >= 11 is 3.38. The molecule has 2 N–H and O–H groups in total. The van der Waals surface area contributed by atoms with E-state index < -0.39 is 5.97 Å². The summed E-state index contributed by atoms with van der Waals surface area (Å²) in [5.74, 6) is 0.355. The number of nitrogens with zero attached hydrogens (tertiary/aromatic N) is 2. The normalized spacial score (nSPS) is 10.3. The number of benzene rings is 1. The van der Waals surface area contributed by atoms with Crippen LogP contribution in [0.4, 0.5) is 5.82 Å². The van der Waals surface area contributed by atoms with Crippen molar-refractivity contribution in [3.63, 3.8) is 0 Å². The fourth-order valence-corrected chi connectivity index (χ4v) is 2.13. The zero-order chi connectivity index (χ0) is 14.7. The number of hydrogen-bond donors (Lipinski definition) is 1. The van der Waals surface area contributed by atoms with Crippen LogP contribution in [0.15, 0.2) is 29.0 Å². The molecular weight excluding hydrogens is 326 g/mol. The smallest absolute Gasteiger partial charge is 0.360 e. The highest BCUT2D eigenvalue weighted by Crippen LogP contribution is 2.28. The second kappa shape index (κ2) is 5.96. The van der Waals surface area contributed by atoms with Crippen molar-refractivity contribution in [3.05, 3.63) is 34.7 Å². The number of nitrogens with two attached hydrogens (primary N) is 1. The van der Waals surface area contributed by atoms with E-state index in [1.54, 1.807) is 24.7 Å². The maximum atomic E-state index is 11.7. The van der Waals surface area contributed by atoms with Crippen molar-refractivity contribution in [2.75, 3.05) is 19.5 Å². The molecule has 0 spiro atoms. The number of carbonyl (C=O) groups is 1. The fourth-order valence-electron chi connectivity index (χ4n) is 1.72. The Morgan fingerprint density at radius 2 is 2.25 bits per heavy atom. The molecule has 1 heterocycles. The third-order valence-electron chi connectivity index (χ3n) is 2.69. The molecule has 0 aliphatic rings. The molecule has 2 aromatic rings. The first kappa shape index (κ1) is 14.4. The first-order valence-electron chi connectivity index (χ1n) is 5.92. The molecule has 0 radical (unpaired) electrons. The Balaban J connectivity index is 2.41. The highest BCUT2D eigenvalue weighted by atomic mass is 79.9. The predicted molar refractivity (Wildman–Crippen MR) is 78.2 cm³/mol. The quantitative estimate of drug-likeness (QED) is 0.865. The van der Waals surface area contributed by atoms with E-state index in [9.17, 15) is 4.79 Å². The van der Waals surface area contributed by atoms with Gasteiger partial charge in [-0.05, 0) is 35.0 Å². The van der Waals surface area contributed by atoms with Crippen LogP contribution in [-0.4, -0.2) is 29.2 Å². The highest BCUT2D eigenvalue weighted by Gasteiger charge is 2.18. The topological polar surface area (TPSA) is 79.4 Å². The molecule has 0 aliphatic heterocycles. The van der Waals surface area contributed by atoms with Crippen molar-refractivity contribution >= 4 is 27.7 Å². The summed E-state index contributed by atoms with van der Waals surface area (Å²) in [5.41, 5.74) is 6.79. The molecule has 0 fully saturated rings. The Labute approximate surface area is 124 Å². The van der Waals surface area contributed by atoms with Crippen molar-refractivity contribution in [2.45, 2.75) is 6.92 Å². The third kappa shape index (κ3) is 2.62. The van der Waals surface area contributed by atoms with Gasteiger partial charge in [0.05, 0.1) is 23.9 Å². The van der Waals surface area contributed by atoms with Crippen LogP contribution in [0.1, 0.15) is 17.4 Å². The van der Waals surface area contributed by atoms with Gasteiger partial charge >= 0.3 is 5.97 Å². The number of hydrogen-bond acceptors (Lipinski definition) is 5. The average Bonchev–Trinajstić information content (AvgIpc) is 2.81. The number of halogens is 1. The van der Waals surface area contributed by atoms with E-state index >= 15 is 0 Å². The van der Waals surface area contributed by atoms with Gasteiger partial charge in [-0.3, -0.25) is 4.57 Å². The molecule has 106 valence electrons. The fraction of sp³-hybridized carbons (Fsp3) is 0.231. The first-order valence-corrected chi connectivity index (χ1v) is 6.71. The Bertz CT molecular complexity index is 640. The van der Waals surface area contributed by atoms with Gasteiger partial charge in [-0.15, -0.1) is 0 Å². The summed E-state index contributed by atoms with van der Waals surface area (Å²) in [5, 5.41) is 0. The molecule has 0 bridgehead atoms.